The Morgan fingerprint density at radius 1 is 0.889 bits per heavy atom. The minimum absolute atomic E-state index is 0.430. The third-order valence-electron chi connectivity index (χ3n) is 5.78. The van der Waals surface area contributed by atoms with Crippen LogP contribution in [-0.2, 0) is 0 Å². The first kappa shape index (κ1) is 17.7. The molecule has 0 aromatic carbocycles. The van der Waals surface area contributed by atoms with Gasteiger partial charge in [-0.1, -0.05) is 5.46 Å². The molecular weight excluding hydrogens is 337 g/mol. The van der Waals surface area contributed by atoms with Crippen LogP contribution in [0.5, 0.6) is 0 Å². The van der Waals surface area contributed by atoms with Gasteiger partial charge in [0.2, 0.25) is 5.95 Å². The summed E-state index contributed by atoms with van der Waals surface area (Å²) in [6.07, 6.45) is 9.55. The molecule has 8 heteroatoms. The minimum atomic E-state index is 0.430. The number of anilines is 2. The van der Waals surface area contributed by atoms with Crippen LogP contribution < -0.4 is 15.3 Å². The van der Waals surface area contributed by atoms with Crippen LogP contribution >= 0.6 is 0 Å². The summed E-state index contributed by atoms with van der Waals surface area (Å²) in [5.41, 5.74) is 1.03. The van der Waals surface area contributed by atoms with Gasteiger partial charge in [-0.2, -0.15) is 5.26 Å². The zero-order chi connectivity index (χ0) is 18.6. The summed E-state index contributed by atoms with van der Waals surface area (Å²) >= 11 is 0. The first-order valence-electron chi connectivity index (χ1n) is 9.52. The quantitative estimate of drug-likeness (QED) is 0.758. The molecule has 2 aliphatic rings. The van der Waals surface area contributed by atoms with E-state index in [-0.39, 0.29) is 0 Å². The van der Waals surface area contributed by atoms with E-state index in [9.17, 15) is 0 Å². The maximum absolute atomic E-state index is 9.01. The highest BCUT2D eigenvalue weighted by molar-refractivity contribution is 6.31. The van der Waals surface area contributed by atoms with Crippen molar-refractivity contribution in [1.82, 2.24) is 19.9 Å². The van der Waals surface area contributed by atoms with Crippen molar-refractivity contribution >= 4 is 25.1 Å². The Hall–Kier alpha value is -2.69. The Balaban J connectivity index is 1.29. The van der Waals surface area contributed by atoms with E-state index in [0.29, 0.717) is 11.2 Å². The van der Waals surface area contributed by atoms with E-state index in [4.69, 9.17) is 13.1 Å². The number of piperidine rings is 2. The Kier molecular flexibility index (Phi) is 5.19. The van der Waals surface area contributed by atoms with Crippen LogP contribution in [0.25, 0.3) is 0 Å². The minimum Gasteiger partial charge on any atom is -0.356 e. The lowest BCUT2D eigenvalue weighted by Crippen LogP contribution is -2.41. The molecule has 7 nitrogen and oxygen atoms in total. The summed E-state index contributed by atoms with van der Waals surface area (Å²) < 4.78 is 0. The molecule has 2 radical (unpaired) electrons. The highest BCUT2D eigenvalue weighted by Crippen LogP contribution is 2.34. The second-order valence-electron chi connectivity index (χ2n) is 7.34. The number of aromatic nitrogens is 4. The number of nitriles is 1. The van der Waals surface area contributed by atoms with Gasteiger partial charge in [-0.3, -0.25) is 0 Å². The SMILES string of the molecule is [B]c1cnc(N2CCC(C3CCN(c4cc(C#N)ncn4)CC3)CC2)nc1. The standard InChI is InChI=1S/C19H22BN7/c20-16-11-22-19(23-12-16)27-7-3-15(4-8-27)14-1-5-26(6-2-14)18-9-17(10-21)24-13-25-18/h9,11-15H,1-8H2. The Morgan fingerprint density at radius 3 is 2.07 bits per heavy atom. The molecule has 2 aliphatic heterocycles. The topological polar surface area (TPSA) is 81.8 Å². The van der Waals surface area contributed by atoms with Crippen LogP contribution in [-0.4, -0.2) is 54.0 Å². The van der Waals surface area contributed by atoms with Crippen molar-refractivity contribution in [3.63, 3.8) is 0 Å². The fourth-order valence-electron chi connectivity index (χ4n) is 4.25. The molecule has 0 spiro atoms. The summed E-state index contributed by atoms with van der Waals surface area (Å²) in [5, 5.41) is 9.01. The fraction of sp³-hybridized carbons (Fsp3) is 0.526. The summed E-state index contributed by atoms with van der Waals surface area (Å²) in [7, 11) is 5.67. The molecule has 0 atom stereocenters. The largest absolute Gasteiger partial charge is 0.356 e. The first-order chi connectivity index (χ1) is 13.2. The van der Waals surface area contributed by atoms with Crippen LogP contribution in [0.1, 0.15) is 31.4 Å². The Morgan fingerprint density at radius 2 is 1.48 bits per heavy atom. The van der Waals surface area contributed by atoms with Gasteiger partial charge in [0, 0.05) is 44.6 Å². The van der Waals surface area contributed by atoms with Crippen molar-refractivity contribution < 1.29 is 0 Å². The van der Waals surface area contributed by atoms with Gasteiger partial charge in [-0.15, -0.1) is 0 Å². The number of hydrogen-bond acceptors (Lipinski definition) is 7. The smallest absolute Gasteiger partial charge is 0.225 e. The molecule has 2 saturated heterocycles. The molecule has 0 aliphatic carbocycles. The average Bonchev–Trinajstić information content (AvgIpc) is 2.75. The first-order valence-corrected chi connectivity index (χ1v) is 9.52. The third kappa shape index (κ3) is 4.02. The van der Waals surface area contributed by atoms with E-state index in [1.807, 2.05) is 0 Å². The number of rotatable bonds is 3. The average molecular weight is 359 g/mol. The van der Waals surface area contributed by atoms with Crippen LogP contribution in [0.15, 0.2) is 24.8 Å². The molecule has 2 fully saturated rings. The number of hydrogen-bond donors (Lipinski definition) is 0. The Labute approximate surface area is 160 Å². The lowest BCUT2D eigenvalue weighted by molar-refractivity contribution is 0.232. The maximum Gasteiger partial charge on any atom is 0.225 e. The zero-order valence-corrected chi connectivity index (χ0v) is 15.3. The monoisotopic (exact) mass is 359 g/mol. The second kappa shape index (κ2) is 7.91. The van der Waals surface area contributed by atoms with E-state index >= 15 is 0 Å². The van der Waals surface area contributed by atoms with Crippen molar-refractivity contribution in [2.24, 2.45) is 11.8 Å². The summed E-state index contributed by atoms with van der Waals surface area (Å²) in [5.74, 6) is 3.18. The fourth-order valence-corrected chi connectivity index (χ4v) is 4.25. The van der Waals surface area contributed by atoms with Crippen molar-refractivity contribution in [3.05, 3.63) is 30.5 Å². The van der Waals surface area contributed by atoms with Gasteiger partial charge in [0.05, 0.1) is 0 Å². The zero-order valence-electron chi connectivity index (χ0n) is 15.3. The van der Waals surface area contributed by atoms with Crippen molar-refractivity contribution in [1.29, 1.82) is 5.26 Å². The summed E-state index contributed by atoms with van der Waals surface area (Å²) in [4.78, 5) is 21.5. The molecule has 0 unspecified atom stereocenters. The highest BCUT2D eigenvalue weighted by Gasteiger charge is 2.30. The van der Waals surface area contributed by atoms with E-state index in [2.05, 4.69) is 35.8 Å². The molecule has 4 rings (SSSR count). The second-order valence-corrected chi connectivity index (χ2v) is 7.34. The highest BCUT2D eigenvalue weighted by atomic mass is 15.2. The lowest BCUT2D eigenvalue weighted by Gasteiger charge is -2.40. The predicted molar refractivity (Wildman–Crippen MR) is 104 cm³/mol. The molecule has 4 heterocycles. The molecule has 27 heavy (non-hydrogen) atoms. The van der Waals surface area contributed by atoms with Gasteiger partial charge in [0.25, 0.3) is 0 Å². The van der Waals surface area contributed by atoms with Crippen LogP contribution in [0.3, 0.4) is 0 Å². The molecular formula is C19H22BN7. The third-order valence-corrected chi connectivity index (χ3v) is 5.78. The van der Waals surface area contributed by atoms with Gasteiger partial charge < -0.3 is 9.80 Å². The van der Waals surface area contributed by atoms with E-state index in [1.165, 1.54) is 32.0 Å². The van der Waals surface area contributed by atoms with Crippen molar-refractivity contribution in [2.45, 2.75) is 25.7 Å². The summed E-state index contributed by atoms with van der Waals surface area (Å²) in [6, 6.07) is 3.87. The van der Waals surface area contributed by atoms with Gasteiger partial charge in [-0.05, 0) is 37.5 Å². The van der Waals surface area contributed by atoms with Crippen LogP contribution in [0.2, 0.25) is 0 Å². The van der Waals surface area contributed by atoms with Gasteiger partial charge in [0.1, 0.15) is 31.8 Å². The molecule has 0 N–H and O–H groups in total. The molecule has 0 saturated carbocycles. The number of nitrogens with zero attached hydrogens (tertiary/aromatic N) is 7. The molecule has 0 bridgehead atoms. The Bertz CT molecular complexity index is 804. The molecule has 136 valence electrons. The van der Waals surface area contributed by atoms with Gasteiger partial charge in [0.15, 0.2) is 0 Å². The van der Waals surface area contributed by atoms with E-state index in [0.717, 1.165) is 49.8 Å². The molecule has 2 aromatic rings. The van der Waals surface area contributed by atoms with Gasteiger partial charge >= 0.3 is 0 Å². The maximum atomic E-state index is 9.01. The van der Waals surface area contributed by atoms with Crippen molar-refractivity contribution in [2.75, 3.05) is 36.0 Å². The predicted octanol–water partition coefficient (Wildman–Crippen LogP) is 1.07. The van der Waals surface area contributed by atoms with Crippen molar-refractivity contribution in [3.8, 4) is 6.07 Å². The molecule has 2 aromatic heterocycles. The summed E-state index contributed by atoms with van der Waals surface area (Å²) in [6.45, 7) is 4.00. The molecule has 0 amide bonds. The lowest BCUT2D eigenvalue weighted by atomic mass is 9.79. The van der Waals surface area contributed by atoms with E-state index < -0.39 is 0 Å². The van der Waals surface area contributed by atoms with Gasteiger partial charge in [-0.25, -0.2) is 19.9 Å². The normalized spacial score (nSPS) is 19.1. The van der Waals surface area contributed by atoms with Crippen LogP contribution in [0.4, 0.5) is 11.8 Å². The van der Waals surface area contributed by atoms with E-state index in [1.54, 1.807) is 18.5 Å². The van der Waals surface area contributed by atoms with Crippen LogP contribution in [0, 0.1) is 23.2 Å².